The van der Waals surface area contributed by atoms with Crippen LogP contribution in [0.1, 0.15) is 23.5 Å². The molecule has 0 bridgehead atoms. The Labute approximate surface area is 153 Å². The fourth-order valence-corrected chi connectivity index (χ4v) is 3.84. The minimum absolute atomic E-state index is 0.0143. The van der Waals surface area contributed by atoms with Gasteiger partial charge in [0.2, 0.25) is 5.91 Å². The van der Waals surface area contributed by atoms with Gasteiger partial charge in [0.05, 0.1) is 14.2 Å². The summed E-state index contributed by atoms with van der Waals surface area (Å²) in [6, 6.07) is 18.4. The first-order valence-corrected chi connectivity index (χ1v) is 8.64. The first-order chi connectivity index (χ1) is 12.6. The van der Waals surface area contributed by atoms with Crippen molar-refractivity contribution in [1.82, 2.24) is 0 Å². The van der Waals surface area contributed by atoms with Gasteiger partial charge in [0.1, 0.15) is 0 Å². The maximum atomic E-state index is 12.6. The average molecular weight is 347 g/mol. The number of ether oxygens (including phenoxy) is 2. The standard InChI is InChI=1S/C22H21NO3/c1-23-18-10-8-14-6-4-5-7-16(14)22(18)17(13-21(23)24)15-9-11-19(25-2)20(12-15)26-3/h4-12,17H,13H2,1-3H3. The molecule has 26 heavy (non-hydrogen) atoms. The molecule has 4 heteroatoms. The lowest BCUT2D eigenvalue weighted by atomic mass is 9.81. The molecule has 4 nitrogen and oxygen atoms in total. The van der Waals surface area contributed by atoms with Crippen LogP contribution >= 0.6 is 0 Å². The molecular weight excluding hydrogens is 326 g/mol. The van der Waals surface area contributed by atoms with Crippen LogP contribution < -0.4 is 14.4 Å². The molecule has 4 rings (SSSR count). The van der Waals surface area contributed by atoms with Gasteiger partial charge in [-0.25, -0.2) is 0 Å². The number of carbonyl (C=O) groups excluding carboxylic acids is 1. The van der Waals surface area contributed by atoms with Gasteiger partial charge in [-0.1, -0.05) is 36.4 Å². The Morgan fingerprint density at radius 1 is 0.962 bits per heavy atom. The van der Waals surface area contributed by atoms with Gasteiger partial charge < -0.3 is 14.4 Å². The summed E-state index contributed by atoms with van der Waals surface area (Å²) in [5, 5.41) is 2.36. The predicted molar refractivity (Wildman–Crippen MR) is 103 cm³/mol. The van der Waals surface area contributed by atoms with E-state index in [1.807, 2.05) is 43.4 Å². The molecule has 1 heterocycles. The molecular formula is C22H21NO3. The molecule has 0 fully saturated rings. The molecule has 1 amide bonds. The molecule has 3 aromatic carbocycles. The van der Waals surface area contributed by atoms with Crippen LogP contribution in [0.25, 0.3) is 10.8 Å². The molecule has 1 aliphatic heterocycles. The zero-order valence-electron chi connectivity index (χ0n) is 15.2. The minimum Gasteiger partial charge on any atom is -0.493 e. The number of hydrogen-bond donors (Lipinski definition) is 0. The summed E-state index contributed by atoms with van der Waals surface area (Å²) >= 11 is 0. The predicted octanol–water partition coefficient (Wildman–Crippen LogP) is 4.36. The van der Waals surface area contributed by atoms with Crippen molar-refractivity contribution < 1.29 is 14.3 Å². The third-order valence-corrected chi connectivity index (χ3v) is 5.22. The fraction of sp³-hybridized carbons (Fsp3) is 0.227. The largest absolute Gasteiger partial charge is 0.493 e. The maximum Gasteiger partial charge on any atom is 0.227 e. The number of benzene rings is 3. The molecule has 1 atom stereocenters. The number of anilines is 1. The third kappa shape index (κ3) is 2.49. The number of fused-ring (bicyclic) bond motifs is 3. The summed E-state index contributed by atoms with van der Waals surface area (Å²) in [5.74, 6) is 1.47. The van der Waals surface area contributed by atoms with Crippen LogP contribution in [-0.4, -0.2) is 27.2 Å². The number of amides is 1. The molecule has 0 aromatic heterocycles. The zero-order chi connectivity index (χ0) is 18.3. The zero-order valence-corrected chi connectivity index (χ0v) is 15.2. The smallest absolute Gasteiger partial charge is 0.227 e. The summed E-state index contributed by atoms with van der Waals surface area (Å²) in [5.41, 5.74) is 3.22. The van der Waals surface area contributed by atoms with E-state index in [0.29, 0.717) is 17.9 Å². The number of carbonyl (C=O) groups is 1. The number of rotatable bonds is 3. The first kappa shape index (κ1) is 16.5. The highest BCUT2D eigenvalue weighted by molar-refractivity contribution is 6.02. The van der Waals surface area contributed by atoms with E-state index in [4.69, 9.17) is 9.47 Å². The van der Waals surface area contributed by atoms with Crippen LogP contribution in [0.3, 0.4) is 0 Å². The van der Waals surface area contributed by atoms with Gasteiger partial charge in [0.15, 0.2) is 11.5 Å². The van der Waals surface area contributed by atoms with E-state index in [1.165, 1.54) is 16.3 Å². The van der Waals surface area contributed by atoms with Gasteiger partial charge >= 0.3 is 0 Å². The monoisotopic (exact) mass is 347 g/mol. The highest BCUT2D eigenvalue weighted by Gasteiger charge is 2.32. The maximum absolute atomic E-state index is 12.6. The molecule has 0 aliphatic carbocycles. The van der Waals surface area contributed by atoms with Gasteiger partial charge in [0, 0.05) is 25.1 Å². The Morgan fingerprint density at radius 3 is 2.50 bits per heavy atom. The Hall–Kier alpha value is -3.01. The van der Waals surface area contributed by atoms with Gasteiger partial charge in [-0.15, -0.1) is 0 Å². The number of methoxy groups -OCH3 is 2. The van der Waals surface area contributed by atoms with E-state index in [0.717, 1.165) is 11.3 Å². The van der Waals surface area contributed by atoms with Crippen LogP contribution in [0, 0.1) is 0 Å². The molecule has 0 radical (unpaired) electrons. The first-order valence-electron chi connectivity index (χ1n) is 8.64. The van der Waals surface area contributed by atoms with E-state index in [9.17, 15) is 4.79 Å². The van der Waals surface area contributed by atoms with Crippen LogP contribution in [-0.2, 0) is 4.79 Å². The van der Waals surface area contributed by atoms with Crippen LogP contribution in [0.15, 0.2) is 54.6 Å². The Balaban J connectivity index is 1.95. The van der Waals surface area contributed by atoms with Crippen molar-refractivity contribution in [3.05, 3.63) is 65.7 Å². The second kappa shape index (κ2) is 6.37. The van der Waals surface area contributed by atoms with E-state index < -0.39 is 0 Å². The number of hydrogen-bond acceptors (Lipinski definition) is 3. The van der Waals surface area contributed by atoms with Crippen molar-refractivity contribution in [2.45, 2.75) is 12.3 Å². The fourth-order valence-electron chi connectivity index (χ4n) is 3.84. The summed E-state index contributed by atoms with van der Waals surface area (Å²) in [4.78, 5) is 14.4. The normalized spacial score (nSPS) is 16.5. The molecule has 0 spiro atoms. The molecule has 0 saturated heterocycles. The topological polar surface area (TPSA) is 38.8 Å². The highest BCUT2D eigenvalue weighted by Crippen LogP contribution is 2.44. The molecule has 0 N–H and O–H groups in total. The van der Waals surface area contributed by atoms with Gasteiger partial charge in [-0.2, -0.15) is 0 Å². The lowest BCUT2D eigenvalue weighted by Gasteiger charge is -2.33. The lowest BCUT2D eigenvalue weighted by molar-refractivity contribution is -0.118. The van der Waals surface area contributed by atoms with Crippen molar-refractivity contribution in [2.75, 3.05) is 26.2 Å². The van der Waals surface area contributed by atoms with Crippen molar-refractivity contribution in [3.8, 4) is 11.5 Å². The molecule has 1 unspecified atom stereocenters. The summed E-state index contributed by atoms with van der Waals surface area (Å²) in [6.07, 6.45) is 0.437. The molecule has 0 saturated carbocycles. The lowest BCUT2D eigenvalue weighted by Crippen LogP contribution is -2.33. The minimum atomic E-state index is -0.0143. The van der Waals surface area contributed by atoms with E-state index in [2.05, 4.69) is 18.2 Å². The molecule has 132 valence electrons. The Morgan fingerprint density at radius 2 is 1.73 bits per heavy atom. The Bertz CT molecular complexity index is 996. The average Bonchev–Trinajstić information content (AvgIpc) is 2.69. The van der Waals surface area contributed by atoms with Gasteiger partial charge in [0.25, 0.3) is 0 Å². The highest BCUT2D eigenvalue weighted by atomic mass is 16.5. The van der Waals surface area contributed by atoms with Gasteiger partial charge in [-0.3, -0.25) is 4.79 Å². The third-order valence-electron chi connectivity index (χ3n) is 5.22. The van der Waals surface area contributed by atoms with Crippen molar-refractivity contribution in [2.24, 2.45) is 0 Å². The second-order valence-electron chi connectivity index (χ2n) is 6.54. The quantitative estimate of drug-likeness (QED) is 0.707. The van der Waals surface area contributed by atoms with Crippen LogP contribution in [0.2, 0.25) is 0 Å². The Kier molecular flexibility index (Phi) is 4.03. The van der Waals surface area contributed by atoms with Crippen LogP contribution in [0.4, 0.5) is 5.69 Å². The summed E-state index contributed by atoms with van der Waals surface area (Å²) < 4.78 is 10.8. The second-order valence-corrected chi connectivity index (χ2v) is 6.54. The van der Waals surface area contributed by atoms with Crippen LogP contribution in [0.5, 0.6) is 11.5 Å². The summed E-state index contributed by atoms with van der Waals surface area (Å²) in [6.45, 7) is 0. The van der Waals surface area contributed by atoms with Crippen molar-refractivity contribution in [3.63, 3.8) is 0 Å². The van der Waals surface area contributed by atoms with E-state index >= 15 is 0 Å². The number of nitrogens with zero attached hydrogens (tertiary/aromatic N) is 1. The molecule has 3 aromatic rings. The van der Waals surface area contributed by atoms with Crippen molar-refractivity contribution in [1.29, 1.82) is 0 Å². The molecule has 1 aliphatic rings. The SMILES string of the molecule is COc1ccc(C2CC(=O)N(C)c3ccc4ccccc4c32)cc1OC. The van der Waals surface area contributed by atoms with E-state index in [1.54, 1.807) is 19.1 Å². The van der Waals surface area contributed by atoms with E-state index in [-0.39, 0.29) is 11.8 Å². The van der Waals surface area contributed by atoms with Gasteiger partial charge in [-0.05, 0) is 40.1 Å². The summed E-state index contributed by atoms with van der Waals surface area (Å²) in [7, 11) is 5.10. The van der Waals surface area contributed by atoms with Crippen molar-refractivity contribution >= 4 is 22.4 Å².